The molecule has 0 saturated heterocycles. The third-order valence-corrected chi connectivity index (χ3v) is 4.65. The van der Waals surface area contributed by atoms with Crippen LogP contribution in [0.4, 0.5) is 5.69 Å². The molecule has 0 unspecified atom stereocenters. The molecule has 0 radical (unpaired) electrons. The van der Waals surface area contributed by atoms with Crippen LogP contribution in [0, 0.1) is 11.3 Å². The molecule has 1 amide bonds. The van der Waals surface area contributed by atoms with Crippen molar-refractivity contribution >= 4 is 17.6 Å². The quantitative estimate of drug-likeness (QED) is 0.840. The summed E-state index contributed by atoms with van der Waals surface area (Å²) >= 11 is 0. The van der Waals surface area contributed by atoms with Gasteiger partial charge in [-0.1, -0.05) is 31.4 Å². The SMILES string of the molecule is CNc1ccccc1C(=O)OCC(=O)N(C)C1(C#N)CCCCC1. The van der Waals surface area contributed by atoms with E-state index < -0.39 is 11.5 Å². The van der Waals surface area contributed by atoms with Gasteiger partial charge >= 0.3 is 5.97 Å². The Morgan fingerprint density at radius 2 is 1.96 bits per heavy atom. The van der Waals surface area contributed by atoms with E-state index in [9.17, 15) is 14.9 Å². The molecular weight excluding hydrogens is 306 g/mol. The molecule has 128 valence electrons. The highest BCUT2D eigenvalue weighted by molar-refractivity contribution is 5.96. The summed E-state index contributed by atoms with van der Waals surface area (Å²) in [5, 5.41) is 12.4. The maximum absolute atomic E-state index is 12.4. The molecule has 1 aliphatic rings. The van der Waals surface area contributed by atoms with Gasteiger partial charge in [-0.25, -0.2) is 4.79 Å². The molecule has 1 N–H and O–H groups in total. The Kier molecular flexibility index (Phi) is 5.80. The van der Waals surface area contributed by atoms with Crippen LogP contribution in [0.1, 0.15) is 42.5 Å². The van der Waals surface area contributed by atoms with Crippen LogP contribution in [0.5, 0.6) is 0 Å². The van der Waals surface area contributed by atoms with Gasteiger partial charge in [0.25, 0.3) is 5.91 Å². The summed E-state index contributed by atoms with van der Waals surface area (Å²) in [5.41, 5.74) is 0.247. The molecule has 2 rings (SSSR count). The van der Waals surface area contributed by atoms with Gasteiger partial charge in [0.1, 0.15) is 5.54 Å². The first-order valence-corrected chi connectivity index (χ1v) is 8.16. The highest BCUT2D eigenvalue weighted by atomic mass is 16.5. The lowest BCUT2D eigenvalue weighted by atomic mass is 9.81. The number of anilines is 1. The fourth-order valence-corrected chi connectivity index (χ4v) is 3.08. The van der Waals surface area contributed by atoms with E-state index in [1.54, 1.807) is 38.4 Å². The summed E-state index contributed by atoms with van der Waals surface area (Å²) in [5.74, 6) is -0.912. The fourth-order valence-electron chi connectivity index (χ4n) is 3.08. The minimum atomic E-state index is -0.773. The zero-order chi connectivity index (χ0) is 17.6. The average Bonchev–Trinajstić information content (AvgIpc) is 2.65. The Bertz CT molecular complexity index is 645. The predicted octanol–water partition coefficient (Wildman–Crippen LogP) is 2.57. The number of carbonyl (C=O) groups excluding carboxylic acids is 2. The van der Waals surface area contributed by atoms with E-state index in [1.807, 2.05) is 0 Å². The highest BCUT2D eigenvalue weighted by Gasteiger charge is 2.39. The van der Waals surface area contributed by atoms with E-state index in [2.05, 4.69) is 11.4 Å². The minimum Gasteiger partial charge on any atom is -0.452 e. The molecule has 0 bridgehead atoms. The third-order valence-electron chi connectivity index (χ3n) is 4.65. The number of hydrogen-bond acceptors (Lipinski definition) is 5. The lowest BCUT2D eigenvalue weighted by Gasteiger charge is -2.38. The first-order chi connectivity index (χ1) is 11.5. The first kappa shape index (κ1) is 17.8. The number of ether oxygens (including phenoxy) is 1. The number of benzene rings is 1. The highest BCUT2D eigenvalue weighted by Crippen LogP contribution is 2.32. The molecule has 0 aromatic heterocycles. The summed E-state index contributed by atoms with van der Waals surface area (Å²) in [6.07, 6.45) is 4.28. The summed E-state index contributed by atoms with van der Waals surface area (Å²) < 4.78 is 5.15. The molecule has 1 saturated carbocycles. The number of hydrogen-bond donors (Lipinski definition) is 1. The summed E-state index contributed by atoms with van der Waals surface area (Å²) in [6.45, 7) is -0.364. The molecule has 1 aliphatic carbocycles. The second-order valence-corrected chi connectivity index (χ2v) is 6.03. The van der Waals surface area contributed by atoms with Crippen molar-refractivity contribution in [2.75, 3.05) is 26.0 Å². The summed E-state index contributed by atoms with van der Waals surface area (Å²) in [6, 6.07) is 9.23. The van der Waals surface area contributed by atoms with Crippen molar-refractivity contribution in [3.8, 4) is 6.07 Å². The van der Waals surface area contributed by atoms with Gasteiger partial charge in [0.2, 0.25) is 0 Å². The molecule has 1 aromatic rings. The van der Waals surface area contributed by atoms with E-state index in [1.165, 1.54) is 4.90 Å². The zero-order valence-corrected chi connectivity index (χ0v) is 14.2. The zero-order valence-electron chi connectivity index (χ0n) is 14.2. The molecule has 0 aliphatic heterocycles. The number of esters is 1. The molecule has 0 heterocycles. The van der Waals surface area contributed by atoms with Crippen molar-refractivity contribution in [2.45, 2.75) is 37.6 Å². The Balaban J connectivity index is 1.99. The molecule has 0 atom stereocenters. The molecule has 1 fully saturated rings. The number of amides is 1. The number of likely N-dealkylation sites (N-methyl/N-ethyl adjacent to an activating group) is 1. The number of nitriles is 1. The van der Waals surface area contributed by atoms with Crippen LogP contribution in [-0.4, -0.2) is 43.0 Å². The van der Waals surface area contributed by atoms with E-state index in [-0.39, 0.29) is 12.5 Å². The molecule has 0 spiro atoms. The van der Waals surface area contributed by atoms with Crippen LogP contribution in [0.15, 0.2) is 24.3 Å². The van der Waals surface area contributed by atoms with Crippen LogP contribution in [-0.2, 0) is 9.53 Å². The summed E-state index contributed by atoms with van der Waals surface area (Å²) in [7, 11) is 3.33. The Labute approximate surface area is 142 Å². The van der Waals surface area contributed by atoms with Gasteiger partial charge in [-0.3, -0.25) is 4.79 Å². The first-order valence-electron chi connectivity index (χ1n) is 8.16. The molecule has 1 aromatic carbocycles. The van der Waals surface area contributed by atoms with Crippen LogP contribution < -0.4 is 5.32 Å². The van der Waals surface area contributed by atoms with Gasteiger partial charge < -0.3 is 15.0 Å². The third kappa shape index (κ3) is 3.67. The van der Waals surface area contributed by atoms with Crippen molar-refractivity contribution in [3.05, 3.63) is 29.8 Å². The number of nitrogens with one attached hydrogen (secondary N) is 1. The second kappa shape index (κ2) is 7.82. The van der Waals surface area contributed by atoms with Gasteiger partial charge in [0, 0.05) is 19.8 Å². The van der Waals surface area contributed by atoms with Crippen molar-refractivity contribution in [3.63, 3.8) is 0 Å². The molecular formula is C18H23N3O3. The van der Waals surface area contributed by atoms with Gasteiger partial charge in [-0.15, -0.1) is 0 Å². The smallest absolute Gasteiger partial charge is 0.340 e. The molecule has 6 heteroatoms. The fraction of sp³-hybridized carbons (Fsp3) is 0.500. The summed E-state index contributed by atoms with van der Waals surface area (Å²) in [4.78, 5) is 26.0. The van der Waals surface area contributed by atoms with E-state index in [0.29, 0.717) is 24.1 Å². The lowest BCUT2D eigenvalue weighted by Crippen LogP contribution is -2.51. The predicted molar refractivity (Wildman–Crippen MR) is 90.5 cm³/mol. The average molecular weight is 329 g/mol. The monoisotopic (exact) mass is 329 g/mol. The van der Waals surface area contributed by atoms with Gasteiger partial charge in [-0.2, -0.15) is 5.26 Å². The van der Waals surface area contributed by atoms with Crippen LogP contribution >= 0.6 is 0 Å². The topological polar surface area (TPSA) is 82.4 Å². The van der Waals surface area contributed by atoms with Gasteiger partial charge in [0.05, 0.1) is 11.6 Å². The number of nitrogens with zero attached hydrogens (tertiary/aromatic N) is 2. The standard InChI is InChI=1S/C18H23N3O3/c1-20-15-9-5-4-8-14(15)17(23)24-12-16(22)21(2)18(13-19)10-6-3-7-11-18/h4-5,8-9,20H,3,6-7,10-12H2,1-2H3. The number of carbonyl (C=O) groups is 2. The largest absolute Gasteiger partial charge is 0.452 e. The Morgan fingerprint density at radius 3 is 2.58 bits per heavy atom. The minimum absolute atomic E-state index is 0.353. The maximum atomic E-state index is 12.4. The van der Waals surface area contributed by atoms with Crippen molar-refractivity contribution in [2.24, 2.45) is 0 Å². The normalized spacial score (nSPS) is 15.9. The van der Waals surface area contributed by atoms with Gasteiger partial charge in [0.15, 0.2) is 6.61 Å². The molecule has 6 nitrogen and oxygen atoms in total. The van der Waals surface area contributed by atoms with Crippen molar-refractivity contribution < 1.29 is 14.3 Å². The van der Waals surface area contributed by atoms with E-state index >= 15 is 0 Å². The lowest BCUT2D eigenvalue weighted by molar-refractivity contribution is -0.138. The van der Waals surface area contributed by atoms with Gasteiger partial charge in [-0.05, 0) is 25.0 Å². The Morgan fingerprint density at radius 1 is 1.29 bits per heavy atom. The van der Waals surface area contributed by atoms with Crippen molar-refractivity contribution in [1.29, 1.82) is 5.26 Å². The Hall–Kier alpha value is -2.55. The van der Waals surface area contributed by atoms with E-state index in [4.69, 9.17) is 4.74 Å². The van der Waals surface area contributed by atoms with Crippen LogP contribution in [0.25, 0.3) is 0 Å². The van der Waals surface area contributed by atoms with E-state index in [0.717, 1.165) is 19.3 Å². The van der Waals surface area contributed by atoms with Crippen LogP contribution in [0.3, 0.4) is 0 Å². The second-order valence-electron chi connectivity index (χ2n) is 6.03. The number of rotatable bonds is 5. The maximum Gasteiger partial charge on any atom is 0.340 e. The number of para-hydroxylation sites is 1. The van der Waals surface area contributed by atoms with Crippen molar-refractivity contribution in [1.82, 2.24) is 4.90 Å². The molecule has 24 heavy (non-hydrogen) atoms. The van der Waals surface area contributed by atoms with Crippen LogP contribution in [0.2, 0.25) is 0 Å².